The zero-order valence-corrected chi connectivity index (χ0v) is 13.0. The number of rotatable bonds is 2. The van der Waals surface area contributed by atoms with Crippen molar-refractivity contribution in [3.8, 4) is 11.8 Å². The number of halogens is 1. The second-order valence-corrected chi connectivity index (χ2v) is 6.26. The minimum atomic E-state index is 0.472. The number of ether oxygens (including phenoxy) is 1. The molecule has 2 aromatic rings. The Bertz CT molecular complexity index is 788. The molecule has 0 aliphatic carbocycles. The van der Waals surface area contributed by atoms with Gasteiger partial charge in [-0.3, -0.25) is 3.96 Å². The second-order valence-electron chi connectivity index (χ2n) is 4.33. The molecule has 1 aliphatic heterocycles. The predicted octanol–water partition coefficient (Wildman–Crippen LogP) is 4.02. The van der Waals surface area contributed by atoms with Gasteiger partial charge in [-0.2, -0.15) is 5.26 Å². The van der Waals surface area contributed by atoms with Crippen LogP contribution in [-0.2, 0) is 13.5 Å². The Labute approximate surface area is 130 Å². The Kier molecular flexibility index (Phi) is 3.42. The number of hydrogen-bond acceptors (Lipinski definition) is 5. The molecule has 0 fully saturated rings. The van der Waals surface area contributed by atoms with Crippen LogP contribution in [0.4, 0.5) is 10.7 Å². The van der Waals surface area contributed by atoms with E-state index in [1.54, 1.807) is 10.0 Å². The summed E-state index contributed by atoms with van der Waals surface area (Å²) in [6, 6.07) is 5.80. The molecule has 0 saturated heterocycles. The fourth-order valence-corrected chi connectivity index (χ4v) is 3.54. The molecule has 1 N–H and O–H groups in total. The maximum atomic E-state index is 9.23. The van der Waals surface area contributed by atoms with Gasteiger partial charge in [0.25, 0.3) is 0 Å². The molecule has 20 heavy (non-hydrogen) atoms. The summed E-state index contributed by atoms with van der Waals surface area (Å²) in [5.41, 5.74) is 2.32. The van der Waals surface area contributed by atoms with Gasteiger partial charge in [0, 0.05) is 19.0 Å². The first kappa shape index (κ1) is 13.4. The summed E-state index contributed by atoms with van der Waals surface area (Å²) < 4.78 is 7.84. The van der Waals surface area contributed by atoms with Gasteiger partial charge in [-0.25, -0.2) is 0 Å². The Balaban J connectivity index is 2.10. The van der Waals surface area contributed by atoms with E-state index in [1.807, 2.05) is 13.1 Å². The van der Waals surface area contributed by atoms with Crippen molar-refractivity contribution < 1.29 is 4.74 Å². The highest BCUT2D eigenvalue weighted by Crippen LogP contribution is 2.40. The van der Waals surface area contributed by atoms with Crippen molar-refractivity contribution >= 4 is 46.0 Å². The van der Waals surface area contributed by atoms with Gasteiger partial charge in [-0.05, 0) is 23.7 Å². The van der Waals surface area contributed by atoms with Crippen molar-refractivity contribution in [1.29, 1.82) is 5.26 Å². The third kappa shape index (κ3) is 2.08. The van der Waals surface area contributed by atoms with Crippen LogP contribution in [0.25, 0.3) is 0 Å². The lowest BCUT2D eigenvalue weighted by atomic mass is 10.1. The van der Waals surface area contributed by atoms with Crippen molar-refractivity contribution in [2.45, 2.75) is 6.42 Å². The standard InChI is InChI=1S/C13H10ClN3OS2/c1-17-13(19)8(6-15)12(20-17)16-11-7-4-5-18-10(7)3-2-9(11)14/h2-3,16H,4-5H2,1H3. The van der Waals surface area contributed by atoms with Gasteiger partial charge in [0.2, 0.25) is 0 Å². The van der Waals surface area contributed by atoms with E-state index in [4.69, 9.17) is 28.6 Å². The molecular weight excluding hydrogens is 314 g/mol. The third-order valence-corrected chi connectivity index (χ3v) is 4.99. The van der Waals surface area contributed by atoms with Crippen molar-refractivity contribution in [3.63, 3.8) is 0 Å². The summed E-state index contributed by atoms with van der Waals surface area (Å²) in [5.74, 6) is 0.843. The van der Waals surface area contributed by atoms with Crippen LogP contribution in [0, 0.1) is 16.0 Å². The molecule has 7 heteroatoms. The largest absolute Gasteiger partial charge is 0.493 e. The molecule has 3 rings (SSSR count). The highest BCUT2D eigenvalue weighted by molar-refractivity contribution is 7.71. The summed E-state index contributed by atoms with van der Waals surface area (Å²) in [4.78, 5) is 0. The summed E-state index contributed by atoms with van der Waals surface area (Å²) in [6.45, 7) is 0.653. The lowest BCUT2D eigenvalue weighted by Gasteiger charge is -2.10. The van der Waals surface area contributed by atoms with Crippen LogP contribution < -0.4 is 10.1 Å². The van der Waals surface area contributed by atoms with Crippen molar-refractivity contribution in [1.82, 2.24) is 3.96 Å². The van der Waals surface area contributed by atoms with Crippen LogP contribution in [0.5, 0.6) is 5.75 Å². The van der Waals surface area contributed by atoms with E-state index in [-0.39, 0.29) is 0 Å². The number of aryl methyl sites for hydroxylation is 1. The fourth-order valence-electron chi connectivity index (χ4n) is 2.16. The SMILES string of the molecule is Cn1sc(Nc2c(Cl)ccc3c2CCO3)c(C#N)c1=S. The lowest BCUT2D eigenvalue weighted by Crippen LogP contribution is -1.95. The number of nitrogens with one attached hydrogen (secondary N) is 1. The van der Waals surface area contributed by atoms with Gasteiger partial charge in [-0.1, -0.05) is 23.8 Å². The van der Waals surface area contributed by atoms with E-state index in [0.29, 0.717) is 26.8 Å². The third-order valence-electron chi connectivity index (χ3n) is 3.13. The Morgan fingerprint density at radius 1 is 1.55 bits per heavy atom. The van der Waals surface area contributed by atoms with Crippen LogP contribution in [0.2, 0.25) is 5.02 Å². The number of hydrogen-bond donors (Lipinski definition) is 1. The molecule has 2 heterocycles. The van der Waals surface area contributed by atoms with E-state index >= 15 is 0 Å². The van der Waals surface area contributed by atoms with Gasteiger partial charge in [0.15, 0.2) is 0 Å². The summed E-state index contributed by atoms with van der Waals surface area (Å²) in [6.07, 6.45) is 0.804. The van der Waals surface area contributed by atoms with E-state index in [9.17, 15) is 5.26 Å². The van der Waals surface area contributed by atoms with E-state index in [1.165, 1.54) is 11.5 Å². The van der Waals surface area contributed by atoms with Gasteiger partial charge < -0.3 is 10.1 Å². The van der Waals surface area contributed by atoms with E-state index < -0.39 is 0 Å². The number of nitriles is 1. The summed E-state index contributed by atoms with van der Waals surface area (Å²) >= 11 is 12.9. The molecule has 0 amide bonds. The molecule has 1 aliphatic rings. The molecule has 1 aromatic carbocycles. The first-order valence-electron chi connectivity index (χ1n) is 5.93. The zero-order chi connectivity index (χ0) is 14.3. The number of fused-ring (bicyclic) bond motifs is 1. The van der Waals surface area contributed by atoms with Crippen molar-refractivity contribution in [2.24, 2.45) is 7.05 Å². The van der Waals surface area contributed by atoms with Crippen LogP contribution in [-0.4, -0.2) is 10.6 Å². The summed E-state index contributed by atoms with van der Waals surface area (Å²) in [7, 11) is 1.83. The van der Waals surface area contributed by atoms with Crippen molar-refractivity contribution in [3.05, 3.63) is 32.9 Å². The monoisotopic (exact) mass is 323 g/mol. The topological polar surface area (TPSA) is 50.0 Å². The highest BCUT2D eigenvalue weighted by Gasteiger charge is 2.20. The summed E-state index contributed by atoms with van der Waals surface area (Å²) in [5, 5.41) is 13.8. The second kappa shape index (κ2) is 5.09. The maximum Gasteiger partial charge on any atom is 0.135 e. The average Bonchev–Trinajstić information content (AvgIpc) is 2.99. The molecule has 1 aromatic heterocycles. The van der Waals surface area contributed by atoms with Gasteiger partial charge in [0.05, 0.1) is 17.3 Å². The predicted molar refractivity (Wildman–Crippen MR) is 82.8 cm³/mol. The molecule has 0 saturated carbocycles. The number of benzene rings is 1. The van der Waals surface area contributed by atoms with Gasteiger partial charge in [0.1, 0.15) is 27.0 Å². The molecule has 0 radical (unpaired) electrons. The zero-order valence-electron chi connectivity index (χ0n) is 10.6. The lowest BCUT2D eigenvalue weighted by molar-refractivity contribution is 0.357. The minimum Gasteiger partial charge on any atom is -0.493 e. The highest BCUT2D eigenvalue weighted by atomic mass is 35.5. The van der Waals surface area contributed by atoms with E-state index in [0.717, 1.165) is 23.4 Å². The van der Waals surface area contributed by atoms with Crippen LogP contribution in [0.3, 0.4) is 0 Å². The Hall–Kier alpha value is -1.55. The quantitative estimate of drug-likeness (QED) is 0.848. The van der Waals surface area contributed by atoms with E-state index in [2.05, 4.69) is 11.4 Å². The first-order chi connectivity index (χ1) is 9.61. The van der Waals surface area contributed by atoms with Crippen LogP contribution in [0.1, 0.15) is 11.1 Å². The maximum absolute atomic E-state index is 9.23. The van der Waals surface area contributed by atoms with Crippen molar-refractivity contribution in [2.75, 3.05) is 11.9 Å². The average molecular weight is 324 g/mol. The molecule has 4 nitrogen and oxygen atoms in total. The number of nitrogens with zero attached hydrogens (tertiary/aromatic N) is 2. The van der Waals surface area contributed by atoms with Gasteiger partial charge in [-0.15, -0.1) is 0 Å². The van der Waals surface area contributed by atoms with Crippen LogP contribution in [0.15, 0.2) is 12.1 Å². The molecule has 0 bridgehead atoms. The number of anilines is 2. The minimum absolute atomic E-state index is 0.472. The smallest absolute Gasteiger partial charge is 0.135 e. The molecule has 0 unspecified atom stereocenters. The Morgan fingerprint density at radius 3 is 3.10 bits per heavy atom. The molecule has 0 atom stereocenters. The first-order valence-corrected chi connectivity index (χ1v) is 7.49. The molecular formula is C13H10ClN3OS2. The van der Waals surface area contributed by atoms with Gasteiger partial charge >= 0.3 is 0 Å². The Morgan fingerprint density at radius 2 is 2.35 bits per heavy atom. The fraction of sp³-hybridized carbons (Fsp3) is 0.231. The molecule has 0 spiro atoms. The van der Waals surface area contributed by atoms with Crippen LogP contribution >= 0.6 is 35.4 Å². The normalized spacial score (nSPS) is 12.7. The number of aromatic nitrogens is 1. The molecule has 102 valence electrons.